The number of nitrogens with two attached hydrogens (primary N) is 1. The number of aldehydes is 1. The molecule has 0 radical (unpaired) electrons. The van der Waals surface area contributed by atoms with Crippen LogP contribution in [0.5, 0.6) is 0 Å². The van der Waals surface area contributed by atoms with Crippen molar-refractivity contribution in [1.29, 1.82) is 0 Å². The van der Waals surface area contributed by atoms with Crippen LogP contribution in [0.25, 0.3) is 10.9 Å². The van der Waals surface area contributed by atoms with Gasteiger partial charge in [0.2, 0.25) is 0 Å². The Balaban J connectivity index is 0.00000612. The number of aromatic nitrogens is 1. The number of H-pyrrole nitrogens is 1. The van der Waals surface area contributed by atoms with Crippen LogP contribution in [-0.4, -0.2) is 48.1 Å². The van der Waals surface area contributed by atoms with Gasteiger partial charge in [-0.25, -0.2) is 4.79 Å². The van der Waals surface area contributed by atoms with E-state index in [1.165, 1.54) is 0 Å². The number of aromatic amines is 1. The Kier molecular flexibility index (Phi) is 13.0. The summed E-state index contributed by atoms with van der Waals surface area (Å²) in [6.45, 7) is 8.63. The van der Waals surface area contributed by atoms with Gasteiger partial charge in [0, 0.05) is 29.9 Å². The topological polar surface area (TPSA) is 124 Å². The van der Waals surface area contributed by atoms with E-state index in [2.05, 4.69) is 10.3 Å². The molecule has 2 rings (SSSR count). The van der Waals surface area contributed by atoms with Gasteiger partial charge in [0.15, 0.2) is 5.66 Å². The van der Waals surface area contributed by atoms with E-state index < -0.39 is 23.6 Å². The smallest absolute Gasteiger partial charge is 0.341 e. The molecule has 0 aliphatic carbocycles. The first kappa shape index (κ1) is 30.6. The van der Waals surface area contributed by atoms with Crippen LogP contribution in [0.3, 0.4) is 0 Å². The lowest BCUT2D eigenvalue weighted by Crippen LogP contribution is -2.65. The molecular weight excluding hydrogens is 470 g/mol. The van der Waals surface area contributed by atoms with Crippen molar-refractivity contribution in [2.24, 2.45) is 17.6 Å². The van der Waals surface area contributed by atoms with Crippen LogP contribution < -0.4 is 11.1 Å². The fraction of sp³-hybridized carbons (Fsp3) is 0.577. The maximum Gasteiger partial charge on any atom is 0.341 e. The number of esters is 2. The number of carbonyl (C=O) groups excluding carboxylic acids is 3. The number of benzene rings is 1. The van der Waals surface area contributed by atoms with Gasteiger partial charge in [0.25, 0.3) is 0 Å². The third kappa shape index (κ3) is 9.63. The molecule has 4 N–H and O–H groups in total. The van der Waals surface area contributed by atoms with Crippen molar-refractivity contribution in [2.45, 2.75) is 71.5 Å². The first-order valence-electron chi connectivity index (χ1n) is 12.0. The summed E-state index contributed by atoms with van der Waals surface area (Å²) in [6.07, 6.45) is 4.24. The minimum absolute atomic E-state index is 0. The predicted molar refractivity (Wildman–Crippen MR) is 139 cm³/mol. The number of carbonyl (C=O) groups is 3. The number of nitrogens with one attached hydrogen (secondary N) is 2. The fourth-order valence-electron chi connectivity index (χ4n) is 3.56. The second-order valence-electron chi connectivity index (χ2n) is 9.61. The molecule has 0 amide bonds. The number of hydrogen-bond acceptors (Lipinski definition) is 7. The van der Waals surface area contributed by atoms with Gasteiger partial charge in [-0.3, -0.25) is 10.1 Å². The molecule has 0 saturated carbocycles. The van der Waals surface area contributed by atoms with Gasteiger partial charge < -0.3 is 25.0 Å². The maximum absolute atomic E-state index is 13.1. The zero-order valence-corrected chi connectivity index (χ0v) is 22.0. The molecule has 0 unspecified atom stereocenters. The molecule has 8 nitrogen and oxygen atoms in total. The van der Waals surface area contributed by atoms with E-state index in [0.29, 0.717) is 24.5 Å². The normalized spacial score (nSPS) is 13.8. The zero-order valence-electron chi connectivity index (χ0n) is 21.2. The monoisotopic (exact) mass is 509 g/mol. The van der Waals surface area contributed by atoms with E-state index >= 15 is 0 Å². The lowest BCUT2D eigenvalue weighted by atomic mass is 9.99. The van der Waals surface area contributed by atoms with Gasteiger partial charge in [-0.1, -0.05) is 45.9 Å². The average molecular weight is 510 g/mol. The number of rotatable bonds is 15. The minimum Gasteiger partial charge on any atom is -0.465 e. The van der Waals surface area contributed by atoms with E-state index in [1.807, 2.05) is 58.2 Å². The first-order chi connectivity index (χ1) is 16.2. The summed E-state index contributed by atoms with van der Waals surface area (Å²) >= 11 is 0. The Hall–Kier alpha value is -2.42. The third-order valence-electron chi connectivity index (χ3n) is 5.70. The molecule has 0 spiro atoms. The lowest BCUT2D eigenvalue weighted by molar-refractivity contribution is -0.155. The molecular formula is C26H40ClN3O5. The predicted octanol–water partition coefficient (Wildman–Crippen LogP) is 3.90. The molecule has 0 aliphatic rings. The Morgan fingerprint density at radius 3 is 2.34 bits per heavy atom. The number of ether oxygens (including phenoxy) is 2. The Labute approximate surface area is 214 Å². The number of para-hydroxylation sites is 1. The van der Waals surface area contributed by atoms with Crippen molar-refractivity contribution in [3.63, 3.8) is 0 Å². The largest absolute Gasteiger partial charge is 0.465 e. The summed E-state index contributed by atoms with van der Waals surface area (Å²) in [5.74, 6) is -0.450. The zero-order chi connectivity index (χ0) is 25.1. The summed E-state index contributed by atoms with van der Waals surface area (Å²) in [7, 11) is 0. The van der Waals surface area contributed by atoms with E-state index in [0.717, 1.165) is 22.9 Å². The second-order valence-corrected chi connectivity index (χ2v) is 9.61. The summed E-state index contributed by atoms with van der Waals surface area (Å²) in [4.78, 5) is 40.3. The van der Waals surface area contributed by atoms with Crippen molar-refractivity contribution >= 4 is 41.5 Å². The van der Waals surface area contributed by atoms with Crippen LogP contribution in [-0.2, 0) is 30.3 Å². The van der Waals surface area contributed by atoms with Crippen molar-refractivity contribution in [3.8, 4) is 0 Å². The van der Waals surface area contributed by atoms with Crippen LogP contribution in [0.2, 0.25) is 0 Å². The number of hydrogen-bond donors (Lipinski definition) is 3. The SMILES string of the molecule is CC(C)CCOC(=O)[C@@H](Cc1c[nH]c2ccccc12)N[C@](N)(CCC=O)C(=O)OCCC(C)C.Cl. The quantitative estimate of drug-likeness (QED) is 0.189. The molecule has 9 heteroatoms. The summed E-state index contributed by atoms with van der Waals surface area (Å²) in [5, 5.41) is 3.97. The summed E-state index contributed by atoms with van der Waals surface area (Å²) in [5.41, 5.74) is 6.57. The summed E-state index contributed by atoms with van der Waals surface area (Å²) < 4.78 is 10.9. The molecule has 1 aromatic heterocycles. The average Bonchev–Trinajstić information content (AvgIpc) is 3.19. The molecule has 0 fully saturated rings. The molecule has 196 valence electrons. The lowest BCUT2D eigenvalue weighted by Gasteiger charge is -2.32. The van der Waals surface area contributed by atoms with Gasteiger partial charge in [-0.05, 0) is 42.7 Å². The highest BCUT2D eigenvalue weighted by molar-refractivity contribution is 5.86. The number of halogens is 1. The second kappa shape index (κ2) is 14.9. The van der Waals surface area contributed by atoms with Crippen molar-refractivity contribution in [3.05, 3.63) is 36.0 Å². The van der Waals surface area contributed by atoms with Crippen LogP contribution >= 0.6 is 12.4 Å². The van der Waals surface area contributed by atoms with Crippen molar-refractivity contribution in [2.75, 3.05) is 13.2 Å². The van der Waals surface area contributed by atoms with Crippen LogP contribution in [0.15, 0.2) is 30.5 Å². The minimum atomic E-state index is -1.70. The first-order valence-corrected chi connectivity index (χ1v) is 12.0. The molecule has 2 atom stereocenters. The molecule has 1 heterocycles. The van der Waals surface area contributed by atoms with Crippen LogP contribution in [0.1, 0.15) is 58.9 Å². The molecule has 35 heavy (non-hydrogen) atoms. The Morgan fingerprint density at radius 2 is 1.71 bits per heavy atom. The van der Waals surface area contributed by atoms with Gasteiger partial charge in [0.05, 0.1) is 13.2 Å². The summed E-state index contributed by atoms with van der Waals surface area (Å²) in [6, 6.07) is 6.86. The van der Waals surface area contributed by atoms with Gasteiger partial charge in [0.1, 0.15) is 12.3 Å². The van der Waals surface area contributed by atoms with E-state index in [1.54, 1.807) is 0 Å². The van der Waals surface area contributed by atoms with E-state index in [4.69, 9.17) is 15.2 Å². The van der Waals surface area contributed by atoms with Crippen molar-refractivity contribution < 1.29 is 23.9 Å². The highest BCUT2D eigenvalue weighted by Gasteiger charge is 2.40. The molecule has 0 bridgehead atoms. The highest BCUT2D eigenvalue weighted by Crippen LogP contribution is 2.21. The maximum atomic E-state index is 13.1. The van der Waals surface area contributed by atoms with Crippen molar-refractivity contribution in [1.82, 2.24) is 10.3 Å². The van der Waals surface area contributed by atoms with Crippen LogP contribution in [0, 0.1) is 11.8 Å². The highest BCUT2D eigenvalue weighted by atomic mass is 35.5. The fourth-order valence-corrected chi connectivity index (χ4v) is 3.56. The molecule has 1 aromatic carbocycles. The van der Waals surface area contributed by atoms with Gasteiger partial charge in [-0.15, -0.1) is 12.4 Å². The number of fused-ring (bicyclic) bond motifs is 1. The third-order valence-corrected chi connectivity index (χ3v) is 5.70. The standard InChI is InChI=1S/C26H39N3O5.ClH/c1-18(2)10-14-33-24(31)23(16-20-17-28-22-9-6-5-8-21(20)22)29-26(27,12-7-13-30)25(32)34-15-11-19(3)4;/h5-6,8-9,13,17-19,23,28-29H,7,10-12,14-16,27H2,1-4H3;1H/t23-,26-;/m1./s1. The van der Waals surface area contributed by atoms with Gasteiger partial charge >= 0.3 is 11.9 Å². The Bertz CT molecular complexity index is 946. The molecule has 2 aromatic rings. The van der Waals surface area contributed by atoms with Crippen LogP contribution in [0.4, 0.5) is 0 Å². The molecule has 0 saturated heterocycles. The van der Waals surface area contributed by atoms with Gasteiger partial charge in [-0.2, -0.15) is 0 Å². The molecule has 0 aliphatic heterocycles. The Morgan fingerprint density at radius 1 is 1.09 bits per heavy atom. The van der Waals surface area contributed by atoms with E-state index in [9.17, 15) is 14.4 Å². The van der Waals surface area contributed by atoms with E-state index in [-0.39, 0.29) is 44.9 Å².